The molecule has 7 nitrogen and oxygen atoms in total. The minimum Gasteiger partial charge on any atom is -0.351 e. The van der Waals surface area contributed by atoms with Gasteiger partial charge in [0, 0.05) is 60.3 Å². The first-order valence-corrected chi connectivity index (χ1v) is 12.1. The third-order valence-corrected chi connectivity index (χ3v) is 7.40. The normalized spacial score (nSPS) is 19.7. The highest BCUT2D eigenvalue weighted by atomic mass is 16.5. The van der Waals surface area contributed by atoms with Crippen LogP contribution in [0.2, 0.25) is 0 Å². The molecule has 3 heterocycles. The number of anilines is 1. The lowest BCUT2D eigenvalue weighted by atomic mass is 9.87. The van der Waals surface area contributed by atoms with Crippen LogP contribution in [0.3, 0.4) is 0 Å². The van der Waals surface area contributed by atoms with Crippen molar-refractivity contribution in [2.75, 3.05) is 18.4 Å². The molecule has 0 bridgehead atoms. The topological polar surface area (TPSA) is 80.4 Å². The first kappa shape index (κ1) is 21.7. The van der Waals surface area contributed by atoms with Crippen LogP contribution in [0.4, 0.5) is 5.69 Å². The highest BCUT2D eigenvalue weighted by molar-refractivity contribution is 6.03. The van der Waals surface area contributed by atoms with Crippen LogP contribution in [0.1, 0.15) is 72.8 Å². The van der Waals surface area contributed by atoms with Gasteiger partial charge in [-0.15, -0.1) is 0 Å². The van der Waals surface area contributed by atoms with Crippen LogP contribution in [-0.4, -0.2) is 39.5 Å². The molecule has 0 spiro atoms. The fourth-order valence-electron chi connectivity index (χ4n) is 5.37. The summed E-state index contributed by atoms with van der Waals surface area (Å²) in [6.07, 6.45) is 7.50. The van der Waals surface area contributed by atoms with Crippen molar-refractivity contribution in [3.05, 3.63) is 47.5 Å². The van der Waals surface area contributed by atoms with E-state index in [1.807, 2.05) is 30.1 Å². The van der Waals surface area contributed by atoms with E-state index in [0.29, 0.717) is 12.5 Å². The van der Waals surface area contributed by atoms with E-state index in [1.165, 1.54) is 6.42 Å². The van der Waals surface area contributed by atoms with Gasteiger partial charge in [0.1, 0.15) is 0 Å². The summed E-state index contributed by atoms with van der Waals surface area (Å²) in [6, 6.07) is 9.70. The monoisotopic (exact) mass is 448 g/mol. The van der Waals surface area contributed by atoms with Crippen LogP contribution in [0.5, 0.6) is 0 Å². The molecule has 1 aromatic carbocycles. The zero-order chi connectivity index (χ0) is 22.9. The molecule has 2 aliphatic rings. The first-order valence-electron chi connectivity index (χ1n) is 12.1. The summed E-state index contributed by atoms with van der Waals surface area (Å²) in [5, 5.41) is 8.20. The number of carbonyl (C=O) groups excluding carboxylic acids is 2. The molecule has 1 saturated carbocycles. The number of nitrogens with zero attached hydrogens (tertiary/aromatic N) is 3. The fourth-order valence-corrected chi connectivity index (χ4v) is 5.37. The Morgan fingerprint density at radius 2 is 1.88 bits per heavy atom. The third kappa shape index (κ3) is 4.41. The van der Waals surface area contributed by atoms with Crippen LogP contribution in [0.25, 0.3) is 10.9 Å². The molecule has 2 amide bonds. The van der Waals surface area contributed by atoms with E-state index in [0.717, 1.165) is 73.0 Å². The molecule has 0 unspecified atom stereocenters. The van der Waals surface area contributed by atoms with Gasteiger partial charge >= 0.3 is 0 Å². The lowest BCUT2D eigenvalue weighted by Gasteiger charge is -2.35. The summed E-state index contributed by atoms with van der Waals surface area (Å²) < 4.78 is 7.53. The second-order valence-electron chi connectivity index (χ2n) is 9.65. The Labute approximate surface area is 194 Å². The molecule has 1 saturated heterocycles. The van der Waals surface area contributed by atoms with Gasteiger partial charge < -0.3 is 19.3 Å². The molecule has 1 aliphatic carbocycles. The second-order valence-corrected chi connectivity index (χ2v) is 9.65. The number of nitrogens with one attached hydrogen (secondary N) is 1. The zero-order valence-electron chi connectivity index (χ0n) is 19.5. The number of fused-ring (bicyclic) bond motifs is 1. The molecule has 0 radical (unpaired) electrons. The summed E-state index contributed by atoms with van der Waals surface area (Å²) in [7, 11) is 2.03. The summed E-state index contributed by atoms with van der Waals surface area (Å²) in [4.78, 5) is 27.8. The van der Waals surface area contributed by atoms with Crippen molar-refractivity contribution in [1.82, 2.24) is 14.6 Å². The van der Waals surface area contributed by atoms with Gasteiger partial charge in [0.15, 0.2) is 0 Å². The average molecular weight is 449 g/mol. The Morgan fingerprint density at radius 1 is 1.06 bits per heavy atom. The maximum Gasteiger partial charge on any atom is 0.294 e. The lowest BCUT2D eigenvalue weighted by molar-refractivity contribution is -0.137. The van der Waals surface area contributed by atoms with Crippen molar-refractivity contribution in [3.8, 4) is 0 Å². The van der Waals surface area contributed by atoms with Crippen molar-refractivity contribution < 1.29 is 14.1 Å². The highest BCUT2D eigenvalue weighted by Gasteiger charge is 2.31. The van der Waals surface area contributed by atoms with Gasteiger partial charge in [-0.2, -0.15) is 0 Å². The predicted octanol–water partition coefficient (Wildman–Crippen LogP) is 5.01. The maximum atomic E-state index is 13.0. The first-order chi connectivity index (χ1) is 16.0. The number of carbonyl (C=O) groups is 2. The maximum absolute atomic E-state index is 13.0. The minimum absolute atomic E-state index is 0.111. The molecule has 33 heavy (non-hydrogen) atoms. The molecular formula is C26H32N4O3. The molecule has 7 heteroatoms. The number of amides is 2. The Bertz CT molecular complexity index is 1170. The third-order valence-electron chi connectivity index (χ3n) is 7.40. The van der Waals surface area contributed by atoms with Gasteiger partial charge in [-0.3, -0.25) is 9.59 Å². The van der Waals surface area contributed by atoms with Crippen LogP contribution in [-0.2, 0) is 11.8 Å². The molecule has 2 fully saturated rings. The van der Waals surface area contributed by atoms with E-state index in [1.54, 1.807) is 6.07 Å². The standard InChI is InChI=1S/C26H32N4O3/c1-17-13-20-14-21(10-11-23(20)29(17)2)27-25(31)24-15-22(28-33-24)19-9-6-12-30(16-19)26(32)18-7-4-3-5-8-18/h10-11,13-15,18-19H,3-9,12,16H2,1-2H3,(H,27,31)/t19-/m0/s1. The molecule has 1 N–H and O–H groups in total. The smallest absolute Gasteiger partial charge is 0.294 e. The summed E-state index contributed by atoms with van der Waals surface area (Å²) in [6.45, 7) is 3.54. The zero-order valence-corrected chi connectivity index (χ0v) is 19.5. The number of benzene rings is 1. The number of hydrogen-bond donors (Lipinski definition) is 1. The van der Waals surface area contributed by atoms with Crippen LogP contribution in [0.15, 0.2) is 34.9 Å². The Kier molecular flexibility index (Phi) is 5.96. The average Bonchev–Trinajstić information content (AvgIpc) is 3.44. The summed E-state index contributed by atoms with van der Waals surface area (Å²) in [5.41, 5.74) is 3.77. The molecule has 2 aromatic heterocycles. The highest BCUT2D eigenvalue weighted by Crippen LogP contribution is 2.31. The largest absolute Gasteiger partial charge is 0.351 e. The molecule has 1 atom stereocenters. The van der Waals surface area contributed by atoms with E-state index < -0.39 is 0 Å². The van der Waals surface area contributed by atoms with Gasteiger partial charge in [0.05, 0.1) is 5.69 Å². The number of hydrogen-bond acceptors (Lipinski definition) is 4. The molecule has 3 aromatic rings. The van der Waals surface area contributed by atoms with Gasteiger partial charge in [0.25, 0.3) is 5.91 Å². The summed E-state index contributed by atoms with van der Waals surface area (Å²) in [5.74, 6) is 0.478. The quantitative estimate of drug-likeness (QED) is 0.608. The van der Waals surface area contributed by atoms with Gasteiger partial charge in [0.2, 0.25) is 11.7 Å². The van der Waals surface area contributed by atoms with Gasteiger partial charge in [-0.25, -0.2) is 0 Å². The van der Waals surface area contributed by atoms with Crippen molar-refractivity contribution in [2.45, 2.75) is 57.8 Å². The van der Waals surface area contributed by atoms with Crippen molar-refractivity contribution in [1.29, 1.82) is 0 Å². The number of likely N-dealkylation sites (tertiary alicyclic amines) is 1. The number of aromatic nitrogens is 2. The van der Waals surface area contributed by atoms with Crippen LogP contribution in [0, 0.1) is 12.8 Å². The molecule has 174 valence electrons. The SMILES string of the molecule is Cc1cc2cc(NC(=O)c3cc([C@H]4CCCN(C(=O)C5CCCCC5)C4)no3)ccc2n1C. The van der Waals surface area contributed by atoms with E-state index in [9.17, 15) is 9.59 Å². The van der Waals surface area contributed by atoms with Crippen molar-refractivity contribution >= 4 is 28.4 Å². The van der Waals surface area contributed by atoms with E-state index in [4.69, 9.17) is 4.52 Å². The Hall–Kier alpha value is -3.09. The van der Waals surface area contributed by atoms with Crippen LogP contribution < -0.4 is 5.32 Å². The van der Waals surface area contributed by atoms with E-state index in [2.05, 4.69) is 28.0 Å². The molecule has 1 aliphatic heterocycles. The second kappa shape index (κ2) is 9.04. The Balaban J connectivity index is 1.24. The fraction of sp³-hybridized carbons (Fsp3) is 0.500. The van der Waals surface area contributed by atoms with E-state index >= 15 is 0 Å². The van der Waals surface area contributed by atoms with Gasteiger partial charge in [-0.05, 0) is 56.9 Å². The number of aryl methyl sites for hydroxylation is 2. The number of rotatable bonds is 4. The lowest BCUT2D eigenvalue weighted by Crippen LogP contribution is -2.42. The van der Waals surface area contributed by atoms with Crippen molar-refractivity contribution in [3.63, 3.8) is 0 Å². The van der Waals surface area contributed by atoms with Crippen molar-refractivity contribution in [2.24, 2.45) is 13.0 Å². The molecular weight excluding hydrogens is 416 g/mol. The Morgan fingerprint density at radius 3 is 2.70 bits per heavy atom. The van der Waals surface area contributed by atoms with E-state index in [-0.39, 0.29) is 23.5 Å². The number of piperidine rings is 1. The summed E-state index contributed by atoms with van der Waals surface area (Å²) >= 11 is 0. The van der Waals surface area contributed by atoms with Crippen LogP contribution >= 0.6 is 0 Å². The minimum atomic E-state index is -0.313. The molecule has 5 rings (SSSR count). The predicted molar refractivity (Wildman–Crippen MR) is 127 cm³/mol. The van der Waals surface area contributed by atoms with Gasteiger partial charge in [-0.1, -0.05) is 24.4 Å².